The molecule has 2 aromatic heterocycles. The van der Waals surface area contributed by atoms with Crippen molar-refractivity contribution in [2.24, 2.45) is 10.9 Å². The highest BCUT2D eigenvalue weighted by Gasteiger charge is 2.47. The van der Waals surface area contributed by atoms with E-state index < -0.39 is 10.1 Å². The Kier molecular flexibility index (Phi) is 4.02. The molecule has 0 fully saturated rings. The van der Waals surface area contributed by atoms with E-state index in [0.717, 1.165) is 0 Å². The molecule has 3 heterocycles. The summed E-state index contributed by atoms with van der Waals surface area (Å²) in [6, 6.07) is 3.52. The Labute approximate surface area is 140 Å². The lowest BCUT2D eigenvalue weighted by Crippen LogP contribution is -2.50. The summed E-state index contributed by atoms with van der Waals surface area (Å²) in [5.74, 6) is 0.228. The van der Waals surface area contributed by atoms with Gasteiger partial charge in [0.1, 0.15) is 6.54 Å². The summed E-state index contributed by atoms with van der Waals surface area (Å²) in [5.41, 5.74) is 8.05. The van der Waals surface area contributed by atoms with Gasteiger partial charge in [-0.3, -0.25) is 0 Å². The third kappa shape index (κ3) is 2.74. The first-order chi connectivity index (χ1) is 11.3. The van der Waals surface area contributed by atoms with Gasteiger partial charge in [-0.05, 0) is 19.1 Å². The highest BCUT2D eigenvalue weighted by Crippen LogP contribution is 2.46. The Morgan fingerprint density at radius 1 is 1.38 bits per heavy atom. The first-order valence-corrected chi connectivity index (χ1v) is 9.27. The van der Waals surface area contributed by atoms with Gasteiger partial charge in [0, 0.05) is 12.1 Å². The lowest BCUT2D eigenvalue weighted by molar-refractivity contribution is 0.0343. The van der Waals surface area contributed by atoms with E-state index in [2.05, 4.69) is 15.0 Å². The number of nitrogens with zero attached hydrogens (tertiary/aromatic N) is 4. The molecule has 1 unspecified atom stereocenters. The number of rotatable bonds is 5. The van der Waals surface area contributed by atoms with Crippen LogP contribution >= 0.6 is 0 Å². The molecule has 1 aliphatic heterocycles. The van der Waals surface area contributed by atoms with Gasteiger partial charge in [-0.1, -0.05) is 22.8 Å². The van der Waals surface area contributed by atoms with Gasteiger partial charge in [0.15, 0.2) is 17.0 Å². The minimum Gasteiger partial charge on any atom is -0.382 e. The van der Waals surface area contributed by atoms with Crippen LogP contribution in [0.1, 0.15) is 20.8 Å². The Morgan fingerprint density at radius 3 is 2.79 bits per heavy atom. The maximum Gasteiger partial charge on any atom is 0.314 e. The van der Waals surface area contributed by atoms with Crippen molar-refractivity contribution in [1.82, 2.24) is 14.6 Å². The van der Waals surface area contributed by atoms with Gasteiger partial charge in [-0.15, -0.1) is 0 Å². The molecule has 24 heavy (non-hydrogen) atoms. The van der Waals surface area contributed by atoms with E-state index >= 15 is 0 Å². The minimum absolute atomic E-state index is 0.139. The molecule has 0 amide bonds. The molecule has 1 atom stereocenters. The van der Waals surface area contributed by atoms with Gasteiger partial charge in [-0.25, -0.2) is 9.97 Å². The van der Waals surface area contributed by atoms with Crippen molar-refractivity contribution in [3.05, 3.63) is 18.3 Å². The first kappa shape index (κ1) is 16.7. The molecule has 0 aliphatic carbocycles. The number of pyridine rings is 2. The molecule has 0 saturated carbocycles. The fraction of sp³-hybridized carbons (Fsp3) is 0.400. The average Bonchev–Trinajstić information content (AvgIpc) is 2.86. The first-order valence-electron chi connectivity index (χ1n) is 7.69. The zero-order valence-corrected chi connectivity index (χ0v) is 14.6. The maximum atomic E-state index is 12.2. The molecule has 9 heteroatoms. The van der Waals surface area contributed by atoms with Crippen molar-refractivity contribution in [2.75, 3.05) is 18.0 Å². The molecule has 0 bridgehead atoms. The van der Waals surface area contributed by atoms with Gasteiger partial charge < -0.3 is 5.73 Å². The van der Waals surface area contributed by atoms with Crippen LogP contribution in [-0.2, 0) is 14.4 Å². The quantitative estimate of drug-likeness (QED) is 0.828. The molecular formula is C15H20N5O3S+. The molecule has 3 rings (SSSR count). The number of aliphatic imine (C=N–C) groups is 1. The second kappa shape index (κ2) is 5.76. The molecule has 0 radical (unpaired) electrons. The molecule has 1 aliphatic rings. The van der Waals surface area contributed by atoms with Crippen molar-refractivity contribution in [3.63, 3.8) is 0 Å². The predicted octanol–water partition coefficient (Wildman–Crippen LogP) is 2.13. The molecule has 0 aromatic carbocycles. The Balaban J connectivity index is 2.31. The summed E-state index contributed by atoms with van der Waals surface area (Å²) < 4.78 is 29.6. The highest BCUT2D eigenvalue weighted by molar-refractivity contribution is 7.86. The van der Waals surface area contributed by atoms with Gasteiger partial charge >= 0.3 is 10.1 Å². The maximum absolute atomic E-state index is 12.2. The third-order valence-electron chi connectivity index (χ3n) is 3.71. The van der Waals surface area contributed by atoms with Crippen LogP contribution in [0.3, 0.4) is 0 Å². The lowest BCUT2D eigenvalue weighted by atomic mass is 10.1. The molecule has 0 saturated heterocycles. The van der Waals surface area contributed by atoms with Crippen molar-refractivity contribution >= 4 is 44.7 Å². The van der Waals surface area contributed by atoms with Crippen LogP contribution in [0.5, 0.6) is 0 Å². The number of nitrogens with two attached hydrogens (primary N) is 1. The van der Waals surface area contributed by atoms with Crippen molar-refractivity contribution in [3.8, 4) is 0 Å². The SMILES string of the molecule is CCS(=O)(=O)O[N+]1(CC(C)C)C=Nc2c(N)nc3cccnc3c21. The number of aromatic nitrogens is 2. The van der Waals surface area contributed by atoms with Gasteiger partial charge in [0.05, 0.1) is 11.3 Å². The van der Waals surface area contributed by atoms with Crippen LogP contribution in [0.15, 0.2) is 23.3 Å². The number of nitrogen functional groups attached to an aromatic ring is 1. The van der Waals surface area contributed by atoms with E-state index in [-0.39, 0.29) is 22.1 Å². The zero-order valence-electron chi connectivity index (χ0n) is 13.8. The summed E-state index contributed by atoms with van der Waals surface area (Å²) in [6.45, 7) is 5.87. The van der Waals surface area contributed by atoms with Crippen molar-refractivity contribution < 1.29 is 12.7 Å². The van der Waals surface area contributed by atoms with Crippen LogP contribution in [0, 0.1) is 5.92 Å². The predicted molar refractivity (Wildman–Crippen MR) is 94.1 cm³/mol. The van der Waals surface area contributed by atoms with Gasteiger partial charge in [0.2, 0.25) is 12.0 Å². The smallest absolute Gasteiger partial charge is 0.314 e. The monoisotopic (exact) mass is 350 g/mol. The second-order valence-corrected chi connectivity index (χ2v) is 7.94. The molecule has 0 spiro atoms. The molecule has 8 nitrogen and oxygen atoms in total. The van der Waals surface area contributed by atoms with Crippen molar-refractivity contribution in [1.29, 1.82) is 0 Å². The van der Waals surface area contributed by atoms with E-state index in [0.29, 0.717) is 29.0 Å². The molecule has 2 aromatic rings. The van der Waals surface area contributed by atoms with Crippen LogP contribution in [0.2, 0.25) is 0 Å². The number of fused-ring (bicyclic) bond motifs is 3. The Morgan fingerprint density at radius 2 is 2.12 bits per heavy atom. The minimum atomic E-state index is -3.74. The van der Waals surface area contributed by atoms with Gasteiger partial charge in [-0.2, -0.15) is 13.4 Å². The number of hydrogen-bond donors (Lipinski definition) is 1. The molecular weight excluding hydrogens is 330 g/mol. The Hall–Kier alpha value is -2.10. The number of anilines is 1. The summed E-state index contributed by atoms with van der Waals surface area (Å²) in [5, 5.41) is 0. The number of hydrogen-bond acceptors (Lipinski definition) is 7. The topological polar surface area (TPSA) is 108 Å². The van der Waals surface area contributed by atoms with Crippen LogP contribution < -0.4 is 10.4 Å². The van der Waals surface area contributed by atoms with Crippen molar-refractivity contribution in [2.45, 2.75) is 20.8 Å². The molecule has 128 valence electrons. The summed E-state index contributed by atoms with van der Waals surface area (Å²) in [7, 11) is -3.74. The van der Waals surface area contributed by atoms with Crippen LogP contribution in [0.25, 0.3) is 11.0 Å². The van der Waals surface area contributed by atoms with E-state index in [1.54, 1.807) is 18.3 Å². The third-order valence-corrected chi connectivity index (χ3v) is 4.91. The second-order valence-electron chi connectivity index (χ2n) is 6.10. The van der Waals surface area contributed by atoms with E-state index in [1.807, 2.05) is 13.8 Å². The fourth-order valence-electron chi connectivity index (χ4n) is 2.80. The van der Waals surface area contributed by atoms with E-state index in [4.69, 9.17) is 10.0 Å². The number of hydroxylamine groups is 2. The summed E-state index contributed by atoms with van der Waals surface area (Å²) in [6.07, 6.45) is 3.08. The highest BCUT2D eigenvalue weighted by atomic mass is 32.2. The summed E-state index contributed by atoms with van der Waals surface area (Å²) >= 11 is 0. The largest absolute Gasteiger partial charge is 0.382 e. The van der Waals surface area contributed by atoms with Crippen LogP contribution in [-0.4, -0.2) is 37.0 Å². The van der Waals surface area contributed by atoms with E-state index in [9.17, 15) is 8.42 Å². The zero-order chi connectivity index (χ0) is 17.5. The average molecular weight is 350 g/mol. The van der Waals surface area contributed by atoms with Gasteiger partial charge in [0.25, 0.3) is 0 Å². The lowest BCUT2D eigenvalue weighted by Gasteiger charge is -2.28. The number of quaternary nitrogens is 1. The summed E-state index contributed by atoms with van der Waals surface area (Å²) in [4.78, 5) is 13.0. The normalized spacial score (nSPS) is 20.0. The fourth-order valence-corrected chi connectivity index (χ4v) is 3.49. The Bertz CT molecular complexity index is 926. The van der Waals surface area contributed by atoms with Crippen LogP contribution in [0.4, 0.5) is 17.2 Å². The molecule has 2 N–H and O–H groups in total. The van der Waals surface area contributed by atoms with E-state index in [1.165, 1.54) is 13.3 Å². The standard InChI is InChI=1S/C15H20N5O3S/c1-4-24(21,22)23-20(8-10(2)3)9-18-13-14(20)12-11(19-15(13)16)6-5-7-17-12/h5-7,9-10H,4,8H2,1-3H3,(H2,16,19)/q+1.